The van der Waals surface area contributed by atoms with Gasteiger partial charge < -0.3 is 11.0 Å². The molecule has 64 heavy (non-hydrogen) atoms. The van der Waals surface area contributed by atoms with Crippen molar-refractivity contribution in [2.45, 2.75) is 80.8 Å². The number of rotatable bonds is 12. The molecule has 0 saturated heterocycles. The molecule has 0 N–H and O–H groups in total. The number of hydrogen-bond donors (Lipinski definition) is 0. The SMILES string of the molecule is Cc1cccc(CN(Cc2cccc(C)n2)Cc2cccc(C)n2)n1.Cc1cccc(CN(Cc2cccc(C)n2)Cc2cccc(C)n2)n1.[Mn+3].[Mn+3].[O-2].[O-2].[O-][Cl+3]([O-])([O-])[O-].[O-][Cl+3]([O-])([O-])[O-]. The van der Waals surface area contributed by atoms with E-state index in [0.29, 0.717) is 0 Å². The third-order valence-corrected chi connectivity index (χ3v) is 7.99. The van der Waals surface area contributed by atoms with Crippen molar-refractivity contribution in [2.75, 3.05) is 0 Å². The largest absolute Gasteiger partial charge is 3.00 e. The van der Waals surface area contributed by atoms with Crippen LogP contribution in [0.1, 0.15) is 68.3 Å². The van der Waals surface area contributed by atoms with Gasteiger partial charge in [0.1, 0.15) is 0 Å². The van der Waals surface area contributed by atoms with Gasteiger partial charge in [0.15, 0.2) is 0 Å². The fourth-order valence-corrected chi connectivity index (χ4v) is 5.84. The van der Waals surface area contributed by atoms with E-state index >= 15 is 0 Å². The Balaban J connectivity index is 0. The van der Waals surface area contributed by atoms with Crippen molar-refractivity contribution in [2.24, 2.45) is 0 Å². The number of aromatic nitrogens is 6. The van der Waals surface area contributed by atoms with Crippen LogP contribution in [-0.2, 0) is 84.4 Å². The summed E-state index contributed by atoms with van der Waals surface area (Å²) in [7, 11) is -9.89. The van der Waals surface area contributed by atoms with Gasteiger partial charge in [-0.15, -0.1) is 20.5 Å². The maximum absolute atomic E-state index is 8.49. The molecule has 0 aliphatic rings. The third kappa shape index (κ3) is 29.5. The fourth-order valence-electron chi connectivity index (χ4n) is 5.84. The van der Waals surface area contributed by atoms with Gasteiger partial charge in [0.05, 0.1) is 34.2 Å². The van der Waals surface area contributed by atoms with Gasteiger partial charge in [-0.05, 0) is 114 Å². The molecule has 6 heterocycles. The second-order valence-electron chi connectivity index (χ2n) is 13.7. The molecule has 0 saturated carbocycles. The molecule has 344 valence electrons. The predicted octanol–water partition coefficient (Wildman–Crippen LogP) is -1.76. The van der Waals surface area contributed by atoms with Crippen LogP contribution < -0.4 is 37.3 Å². The van der Waals surface area contributed by atoms with E-state index in [-0.39, 0.29) is 45.1 Å². The number of aryl methyl sites for hydroxylation is 6. The zero-order valence-electron chi connectivity index (χ0n) is 35.8. The maximum Gasteiger partial charge on any atom is 3.00 e. The molecule has 6 aromatic heterocycles. The molecular formula is C42H48Cl2Mn2N8O10. The van der Waals surface area contributed by atoms with E-state index in [4.69, 9.17) is 37.3 Å². The molecule has 0 amide bonds. The molecule has 0 aliphatic heterocycles. The van der Waals surface area contributed by atoms with E-state index in [0.717, 1.165) is 108 Å². The average Bonchev–Trinajstić information content (AvgIpc) is 3.11. The van der Waals surface area contributed by atoms with Crippen LogP contribution in [0.3, 0.4) is 0 Å². The molecule has 0 atom stereocenters. The maximum atomic E-state index is 8.49. The fraction of sp³-hybridized carbons (Fsp3) is 0.286. The number of halogens is 2. The molecule has 0 radical (unpaired) electrons. The van der Waals surface area contributed by atoms with Crippen molar-refractivity contribution in [3.63, 3.8) is 0 Å². The Bertz CT molecular complexity index is 1840. The Morgan fingerprint density at radius 3 is 0.547 bits per heavy atom. The number of hydrogen-bond acceptors (Lipinski definition) is 16. The second-order valence-corrected chi connectivity index (χ2v) is 15.2. The van der Waals surface area contributed by atoms with Gasteiger partial charge in [0.25, 0.3) is 0 Å². The van der Waals surface area contributed by atoms with Crippen LogP contribution in [0.5, 0.6) is 0 Å². The standard InChI is InChI=1S/2C21H24N4.2ClHO4.2Mn.2O/c2*1-16-7-4-10-19(22-16)13-25(14-20-11-5-8-17(2)23-20)15-21-12-6-9-18(3)24-21;2*2-1(3,4)5;;;;/h2*4-12H,13-15H2,1-3H3;2*(H,2,3,4,5);;;;/q;;;;2*+3;2*-2/p-2. The topological polar surface area (TPSA) is 325 Å². The average molecular weight is 1010 g/mol. The van der Waals surface area contributed by atoms with Gasteiger partial charge in [0.2, 0.25) is 0 Å². The molecular weight excluding hydrogens is 957 g/mol. The van der Waals surface area contributed by atoms with Crippen LogP contribution in [0, 0.1) is 62.0 Å². The van der Waals surface area contributed by atoms with Crippen LogP contribution >= 0.6 is 0 Å². The first-order valence-corrected chi connectivity index (χ1v) is 20.9. The minimum atomic E-state index is -4.94. The van der Waals surface area contributed by atoms with E-state index < -0.39 is 20.5 Å². The summed E-state index contributed by atoms with van der Waals surface area (Å²) in [6, 6.07) is 37.0. The molecule has 6 aromatic rings. The number of nitrogens with zero attached hydrogens (tertiary/aromatic N) is 8. The first-order chi connectivity index (χ1) is 28.2. The van der Waals surface area contributed by atoms with Crippen molar-refractivity contribution >= 4 is 0 Å². The smallest absolute Gasteiger partial charge is 2.00 e. The summed E-state index contributed by atoms with van der Waals surface area (Å²) in [5.41, 5.74) is 12.7. The second kappa shape index (κ2) is 31.0. The molecule has 0 bridgehead atoms. The van der Waals surface area contributed by atoms with Gasteiger partial charge in [-0.3, -0.25) is 39.7 Å². The van der Waals surface area contributed by atoms with E-state index in [1.807, 2.05) is 77.9 Å². The number of pyridine rings is 6. The Labute approximate surface area is 398 Å². The van der Waals surface area contributed by atoms with Crippen LogP contribution in [0.15, 0.2) is 109 Å². The summed E-state index contributed by atoms with van der Waals surface area (Å²) < 4.78 is 67.9. The summed E-state index contributed by atoms with van der Waals surface area (Å²) in [5.74, 6) is 0. The summed E-state index contributed by atoms with van der Waals surface area (Å²) in [6.45, 7) is 16.8. The first kappa shape index (κ1) is 62.1. The van der Waals surface area contributed by atoms with Crippen molar-refractivity contribution in [3.8, 4) is 0 Å². The Kier molecular flexibility index (Phi) is 30.1. The van der Waals surface area contributed by atoms with Gasteiger partial charge in [-0.1, -0.05) is 36.4 Å². The van der Waals surface area contributed by atoms with Crippen LogP contribution in [0.4, 0.5) is 0 Å². The zero-order valence-corrected chi connectivity index (χ0v) is 39.7. The minimum Gasteiger partial charge on any atom is -2.00 e. The van der Waals surface area contributed by atoms with E-state index in [1.165, 1.54) is 0 Å². The Morgan fingerprint density at radius 1 is 0.312 bits per heavy atom. The molecule has 0 fully saturated rings. The molecule has 22 heteroatoms. The van der Waals surface area contributed by atoms with E-state index in [2.05, 4.69) is 113 Å². The Morgan fingerprint density at radius 2 is 0.438 bits per heavy atom. The van der Waals surface area contributed by atoms with Gasteiger partial charge in [-0.2, -0.15) is 0 Å². The van der Waals surface area contributed by atoms with Crippen LogP contribution in [-0.4, -0.2) is 39.7 Å². The van der Waals surface area contributed by atoms with Crippen LogP contribution in [0.25, 0.3) is 0 Å². The summed E-state index contributed by atoms with van der Waals surface area (Å²) in [5, 5.41) is 0. The monoisotopic (exact) mass is 1000 g/mol. The van der Waals surface area contributed by atoms with E-state index in [9.17, 15) is 0 Å². The quantitative estimate of drug-likeness (QED) is 0.123. The van der Waals surface area contributed by atoms with Gasteiger partial charge in [-0.25, -0.2) is 37.3 Å². The summed E-state index contributed by atoms with van der Waals surface area (Å²) in [4.78, 5) is 32.6. The van der Waals surface area contributed by atoms with Crippen molar-refractivity contribution in [1.29, 1.82) is 0 Å². The van der Waals surface area contributed by atoms with Gasteiger partial charge in [0, 0.05) is 73.4 Å². The van der Waals surface area contributed by atoms with Crippen LogP contribution in [0.2, 0.25) is 0 Å². The predicted molar refractivity (Wildman–Crippen MR) is 201 cm³/mol. The zero-order chi connectivity index (χ0) is 44.3. The first-order valence-electron chi connectivity index (χ1n) is 18.4. The molecule has 0 spiro atoms. The molecule has 0 unspecified atom stereocenters. The van der Waals surface area contributed by atoms with Crippen molar-refractivity contribution in [1.82, 2.24) is 39.7 Å². The minimum absolute atomic E-state index is 0. The normalized spacial score (nSPS) is 10.5. The molecule has 0 aliphatic carbocycles. The van der Waals surface area contributed by atoms with Crippen molar-refractivity contribution < 1.29 is 103 Å². The third-order valence-electron chi connectivity index (χ3n) is 7.99. The molecule has 6 rings (SSSR count). The van der Waals surface area contributed by atoms with Crippen molar-refractivity contribution in [3.05, 3.63) is 178 Å². The summed E-state index contributed by atoms with van der Waals surface area (Å²) >= 11 is 0. The van der Waals surface area contributed by atoms with E-state index in [1.54, 1.807) is 0 Å². The molecule has 0 aromatic carbocycles. The van der Waals surface area contributed by atoms with Gasteiger partial charge >= 0.3 is 34.1 Å². The Hall–Kier alpha value is -3.96. The molecule has 18 nitrogen and oxygen atoms in total. The summed E-state index contributed by atoms with van der Waals surface area (Å²) in [6.07, 6.45) is 0.